The number of hydrogen-bond donors (Lipinski definition) is 2. The van der Waals surface area contributed by atoms with Crippen LogP contribution in [0.2, 0.25) is 0 Å². The maximum absolute atomic E-state index is 7.00. The molecule has 0 atom stereocenters. The van der Waals surface area contributed by atoms with Gasteiger partial charge in [-0.15, -0.1) is 0 Å². The van der Waals surface area contributed by atoms with Crippen LogP contribution in [0, 0.1) is 13.8 Å². The molecule has 0 spiro atoms. The molecule has 0 amide bonds. The number of hydrogen-bond acceptors (Lipinski definition) is 2. The molecule has 1 rings (SSSR count). The molecule has 2 heteroatoms. The van der Waals surface area contributed by atoms with Crippen LogP contribution in [0.25, 0.3) is 0 Å². The molecule has 0 radical (unpaired) electrons. The minimum atomic E-state index is 1.00. The molecule has 2 N–H and O–H groups in total. The van der Waals surface area contributed by atoms with Crippen LogP contribution >= 0.6 is 0 Å². The molecule has 0 aliphatic rings. The summed E-state index contributed by atoms with van der Waals surface area (Å²) in [5.74, 6) is 0. The summed E-state index contributed by atoms with van der Waals surface area (Å²) < 4.78 is 0. The van der Waals surface area contributed by atoms with Gasteiger partial charge in [-0.3, -0.25) is 0 Å². The average molecular weight is 230 g/mol. The first-order valence-corrected chi connectivity index (χ1v) is 5.72. The lowest BCUT2D eigenvalue weighted by Crippen LogP contribution is -1.74. The summed E-state index contributed by atoms with van der Waals surface area (Å²) >= 11 is 0. The first kappa shape index (κ1) is 24.4. The van der Waals surface area contributed by atoms with Crippen molar-refractivity contribution in [1.82, 2.24) is 0 Å². The molecule has 0 aliphatic carbocycles. The molecule has 0 fully saturated rings. The molecule has 0 bridgehead atoms. The van der Waals surface area contributed by atoms with Gasteiger partial charge in [-0.25, -0.2) is 0 Å². The van der Waals surface area contributed by atoms with Gasteiger partial charge in [0, 0.05) is 14.2 Å². The second kappa shape index (κ2) is 29.2. The lowest BCUT2D eigenvalue weighted by Gasteiger charge is -1.93. The van der Waals surface area contributed by atoms with E-state index in [2.05, 4.69) is 38.1 Å². The molecule has 0 unspecified atom stereocenters. The van der Waals surface area contributed by atoms with Crippen molar-refractivity contribution in [3.8, 4) is 0 Å². The Morgan fingerprint density at radius 2 is 0.812 bits per heavy atom. The Hall–Kier alpha value is -0.860. The summed E-state index contributed by atoms with van der Waals surface area (Å²) in [4.78, 5) is 0. The van der Waals surface area contributed by atoms with Gasteiger partial charge in [0.15, 0.2) is 0 Å². The first-order valence-electron chi connectivity index (χ1n) is 5.72. The van der Waals surface area contributed by atoms with E-state index < -0.39 is 0 Å². The Morgan fingerprint density at radius 3 is 0.938 bits per heavy atom. The van der Waals surface area contributed by atoms with Crippen molar-refractivity contribution >= 4 is 0 Å². The zero-order chi connectivity index (χ0) is 14.0. The molecule has 16 heavy (non-hydrogen) atoms. The van der Waals surface area contributed by atoms with Crippen molar-refractivity contribution < 1.29 is 10.2 Å². The van der Waals surface area contributed by atoms with Crippen LogP contribution in [0.1, 0.15) is 38.8 Å². The van der Waals surface area contributed by atoms with E-state index in [9.17, 15) is 0 Å². The fourth-order valence-electron chi connectivity index (χ4n) is 0.663. The molecule has 0 heterocycles. The zero-order valence-electron chi connectivity index (χ0n) is 12.2. The van der Waals surface area contributed by atoms with Crippen LogP contribution in [-0.4, -0.2) is 24.4 Å². The van der Waals surface area contributed by atoms with Crippen molar-refractivity contribution in [3.63, 3.8) is 0 Å². The summed E-state index contributed by atoms with van der Waals surface area (Å²) in [6.45, 7) is 12.2. The Bertz CT molecular complexity index is 165. The maximum atomic E-state index is 7.00. The normalized spacial score (nSPS) is 6.12. The molecule has 0 saturated carbocycles. The monoisotopic (exact) mass is 230 g/mol. The lowest BCUT2D eigenvalue weighted by atomic mass is 10.1. The number of benzene rings is 1. The van der Waals surface area contributed by atoms with Gasteiger partial charge in [-0.2, -0.15) is 0 Å². The smallest absolute Gasteiger partial charge is 0.0319 e. The second-order valence-corrected chi connectivity index (χ2v) is 2.08. The standard InChI is InChI=1S/C8H10.2C2H6.2CH4O/c1-7-5-3-4-6-8(7)2;4*1-2/h3-6H,1-2H3;2*1-2H3;2*2H,1H3. The van der Waals surface area contributed by atoms with Gasteiger partial charge in [0.1, 0.15) is 0 Å². The average Bonchev–Trinajstić information content (AvgIpc) is 2.42. The van der Waals surface area contributed by atoms with Crippen molar-refractivity contribution in [1.29, 1.82) is 0 Å². The van der Waals surface area contributed by atoms with Crippen molar-refractivity contribution in [2.24, 2.45) is 0 Å². The van der Waals surface area contributed by atoms with E-state index in [-0.39, 0.29) is 0 Å². The van der Waals surface area contributed by atoms with Crippen molar-refractivity contribution in [2.75, 3.05) is 14.2 Å². The second-order valence-electron chi connectivity index (χ2n) is 2.08. The Balaban J connectivity index is -0.0000000771. The Kier molecular flexibility index (Phi) is 44.6. The predicted molar refractivity (Wildman–Crippen MR) is 74.9 cm³/mol. The van der Waals surface area contributed by atoms with Gasteiger partial charge < -0.3 is 10.2 Å². The lowest BCUT2D eigenvalue weighted by molar-refractivity contribution is 0.399. The van der Waals surface area contributed by atoms with Crippen molar-refractivity contribution in [2.45, 2.75) is 41.5 Å². The maximum Gasteiger partial charge on any atom is 0.0319 e. The van der Waals surface area contributed by atoms with Crippen LogP contribution in [0.4, 0.5) is 0 Å². The fraction of sp³-hybridized carbons (Fsp3) is 0.571. The third-order valence-corrected chi connectivity index (χ3v) is 1.43. The van der Waals surface area contributed by atoms with E-state index in [0.717, 1.165) is 14.2 Å². The van der Waals surface area contributed by atoms with E-state index in [1.54, 1.807) is 0 Å². The van der Waals surface area contributed by atoms with Crippen LogP contribution in [-0.2, 0) is 0 Å². The minimum Gasteiger partial charge on any atom is -0.400 e. The van der Waals surface area contributed by atoms with Gasteiger partial charge in [0.2, 0.25) is 0 Å². The molecular weight excluding hydrogens is 200 g/mol. The molecular formula is C14H30O2. The highest BCUT2D eigenvalue weighted by molar-refractivity contribution is 5.23. The van der Waals surface area contributed by atoms with E-state index in [4.69, 9.17) is 10.2 Å². The summed E-state index contributed by atoms with van der Waals surface area (Å²) in [6.07, 6.45) is 0. The summed E-state index contributed by atoms with van der Waals surface area (Å²) in [7, 11) is 2.00. The minimum absolute atomic E-state index is 1.00. The number of aryl methyl sites for hydroxylation is 2. The zero-order valence-corrected chi connectivity index (χ0v) is 12.2. The van der Waals surface area contributed by atoms with Gasteiger partial charge >= 0.3 is 0 Å². The molecule has 2 nitrogen and oxygen atoms in total. The quantitative estimate of drug-likeness (QED) is 0.715. The molecule has 0 aliphatic heterocycles. The van der Waals surface area contributed by atoms with E-state index in [1.165, 1.54) is 11.1 Å². The summed E-state index contributed by atoms with van der Waals surface area (Å²) in [6, 6.07) is 8.36. The third-order valence-electron chi connectivity index (χ3n) is 1.43. The Labute approximate surface area is 102 Å². The topological polar surface area (TPSA) is 40.5 Å². The highest BCUT2D eigenvalue weighted by Gasteiger charge is 1.83. The highest BCUT2D eigenvalue weighted by atomic mass is 16.2. The summed E-state index contributed by atoms with van der Waals surface area (Å²) in [5.41, 5.74) is 2.74. The van der Waals surface area contributed by atoms with Crippen LogP contribution in [0.15, 0.2) is 24.3 Å². The molecule has 1 aromatic carbocycles. The van der Waals surface area contributed by atoms with E-state index in [1.807, 2.05) is 27.7 Å². The first-order chi connectivity index (χ1) is 7.80. The molecule has 0 aromatic heterocycles. The van der Waals surface area contributed by atoms with Gasteiger partial charge in [0.05, 0.1) is 0 Å². The fourth-order valence-corrected chi connectivity index (χ4v) is 0.663. The predicted octanol–water partition coefficient (Wildman–Crippen LogP) is 3.57. The Morgan fingerprint density at radius 1 is 0.625 bits per heavy atom. The van der Waals surface area contributed by atoms with Crippen LogP contribution < -0.4 is 0 Å². The molecule has 98 valence electrons. The van der Waals surface area contributed by atoms with Crippen LogP contribution in [0.5, 0.6) is 0 Å². The van der Waals surface area contributed by atoms with Crippen molar-refractivity contribution in [3.05, 3.63) is 35.4 Å². The largest absolute Gasteiger partial charge is 0.400 e. The van der Waals surface area contributed by atoms with E-state index >= 15 is 0 Å². The number of aliphatic hydroxyl groups excluding tert-OH is 2. The molecule has 1 aromatic rings. The highest BCUT2D eigenvalue weighted by Crippen LogP contribution is 2.02. The molecule has 0 saturated heterocycles. The van der Waals surface area contributed by atoms with Crippen LogP contribution in [0.3, 0.4) is 0 Å². The SMILES string of the molecule is CC.CC.CO.CO.Cc1ccccc1C. The number of aliphatic hydroxyl groups is 2. The summed E-state index contributed by atoms with van der Waals surface area (Å²) in [5, 5.41) is 14.0. The number of rotatable bonds is 0. The van der Waals surface area contributed by atoms with E-state index in [0.29, 0.717) is 0 Å². The van der Waals surface area contributed by atoms with Gasteiger partial charge in [-0.1, -0.05) is 52.0 Å². The third kappa shape index (κ3) is 18.8. The van der Waals surface area contributed by atoms with Gasteiger partial charge in [0.25, 0.3) is 0 Å². The van der Waals surface area contributed by atoms with Gasteiger partial charge in [-0.05, 0) is 25.0 Å².